The maximum absolute atomic E-state index is 12.9. The predicted octanol–water partition coefficient (Wildman–Crippen LogP) is 3.86. The Morgan fingerprint density at radius 1 is 1.21 bits per heavy atom. The molecular weight excluding hydrogens is 267 g/mol. The van der Waals surface area contributed by atoms with Gasteiger partial charge in [0.15, 0.2) is 0 Å². The first kappa shape index (κ1) is 13.4. The zero-order chi connectivity index (χ0) is 14.0. The molecule has 5 heteroatoms. The van der Waals surface area contributed by atoms with E-state index < -0.39 is 5.82 Å². The number of benzene rings is 2. The van der Waals surface area contributed by atoms with Crippen LogP contribution in [0, 0.1) is 18.2 Å². The van der Waals surface area contributed by atoms with Gasteiger partial charge in [0.2, 0.25) is 0 Å². The van der Waals surface area contributed by atoms with Gasteiger partial charge in [-0.2, -0.15) is 0 Å². The third-order valence-corrected chi connectivity index (χ3v) is 2.90. The van der Waals surface area contributed by atoms with Gasteiger partial charge in [-0.05, 0) is 48.9 Å². The van der Waals surface area contributed by atoms with E-state index in [0.29, 0.717) is 17.1 Å². The van der Waals surface area contributed by atoms with E-state index in [9.17, 15) is 4.39 Å². The van der Waals surface area contributed by atoms with Crippen LogP contribution in [0.25, 0.3) is 0 Å². The summed E-state index contributed by atoms with van der Waals surface area (Å²) >= 11 is 5.89. The van der Waals surface area contributed by atoms with Crippen LogP contribution in [-0.4, -0.2) is 5.84 Å². The Morgan fingerprint density at radius 2 is 1.89 bits per heavy atom. The first-order valence-electron chi connectivity index (χ1n) is 5.55. The van der Waals surface area contributed by atoms with Crippen molar-refractivity contribution in [1.29, 1.82) is 5.41 Å². The Balaban J connectivity index is 2.31. The normalized spacial score (nSPS) is 10.3. The lowest BCUT2D eigenvalue weighted by Crippen LogP contribution is -2.11. The topological polar surface area (TPSA) is 59.1 Å². The van der Waals surface area contributed by atoms with Gasteiger partial charge in [0.05, 0.1) is 5.02 Å². The summed E-state index contributed by atoms with van der Waals surface area (Å²) in [5.74, 6) is 0.538. The number of nitrogens with one attached hydrogen (secondary N) is 1. The molecular formula is C14H12ClFN2O. The van der Waals surface area contributed by atoms with Crippen molar-refractivity contribution in [3.63, 3.8) is 0 Å². The van der Waals surface area contributed by atoms with Crippen LogP contribution in [0.3, 0.4) is 0 Å². The van der Waals surface area contributed by atoms with Crippen molar-refractivity contribution in [2.45, 2.75) is 6.92 Å². The van der Waals surface area contributed by atoms with Crippen molar-refractivity contribution in [3.05, 3.63) is 58.4 Å². The van der Waals surface area contributed by atoms with E-state index in [-0.39, 0.29) is 10.9 Å². The molecule has 0 heterocycles. The summed E-state index contributed by atoms with van der Waals surface area (Å²) in [6.45, 7) is 1.83. The molecule has 0 unspecified atom stereocenters. The molecule has 0 aromatic heterocycles. The summed E-state index contributed by atoms with van der Waals surface area (Å²) < 4.78 is 18.5. The Labute approximate surface area is 115 Å². The van der Waals surface area contributed by atoms with Crippen LogP contribution < -0.4 is 10.5 Å². The second kappa shape index (κ2) is 5.28. The summed E-state index contributed by atoms with van der Waals surface area (Å²) in [4.78, 5) is 0. The van der Waals surface area contributed by atoms with Crippen LogP contribution in [0.15, 0.2) is 36.4 Å². The van der Waals surface area contributed by atoms with Crippen molar-refractivity contribution >= 4 is 17.4 Å². The molecule has 0 aliphatic carbocycles. The number of hydrogen-bond acceptors (Lipinski definition) is 2. The third-order valence-electron chi connectivity index (χ3n) is 2.60. The molecule has 3 N–H and O–H groups in total. The molecule has 2 aromatic carbocycles. The van der Waals surface area contributed by atoms with Gasteiger partial charge < -0.3 is 10.5 Å². The van der Waals surface area contributed by atoms with E-state index in [0.717, 1.165) is 5.56 Å². The maximum atomic E-state index is 12.9. The fraction of sp³-hybridized carbons (Fsp3) is 0.0714. The molecule has 2 aromatic rings. The molecule has 0 amide bonds. The first-order valence-corrected chi connectivity index (χ1v) is 5.93. The highest BCUT2D eigenvalue weighted by molar-refractivity contribution is 6.32. The Kier molecular flexibility index (Phi) is 3.71. The largest absolute Gasteiger partial charge is 0.456 e. The minimum atomic E-state index is -0.416. The summed E-state index contributed by atoms with van der Waals surface area (Å²) in [5.41, 5.74) is 6.84. The average Bonchev–Trinajstić information content (AvgIpc) is 2.34. The molecule has 0 saturated carbocycles. The Bertz CT molecular complexity index is 643. The van der Waals surface area contributed by atoms with Crippen molar-refractivity contribution in [2.24, 2.45) is 5.73 Å². The van der Waals surface area contributed by atoms with Crippen LogP contribution in [0.1, 0.15) is 11.1 Å². The van der Waals surface area contributed by atoms with E-state index >= 15 is 0 Å². The van der Waals surface area contributed by atoms with Crippen molar-refractivity contribution in [2.75, 3.05) is 0 Å². The van der Waals surface area contributed by atoms with Crippen molar-refractivity contribution in [3.8, 4) is 11.5 Å². The van der Waals surface area contributed by atoms with Gasteiger partial charge in [-0.3, -0.25) is 5.41 Å². The molecule has 0 saturated heterocycles. The number of hydrogen-bond donors (Lipinski definition) is 2. The highest BCUT2D eigenvalue weighted by Crippen LogP contribution is 2.31. The fourth-order valence-electron chi connectivity index (χ4n) is 1.61. The quantitative estimate of drug-likeness (QED) is 0.661. The van der Waals surface area contributed by atoms with Gasteiger partial charge in [-0.15, -0.1) is 0 Å². The van der Waals surface area contributed by atoms with Gasteiger partial charge in [0, 0.05) is 5.56 Å². The van der Waals surface area contributed by atoms with E-state index in [1.165, 1.54) is 18.2 Å². The molecule has 0 aliphatic rings. The molecule has 0 bridgehead atoms. The predicted molar refractivity (Wildman–Crippen MR) is 73.7 cm³/mol. The van der Waals surface area contributed by atoms with Crippen LogP contribution >= 0.6 is 11.6 Å². The van der Waals surface area contributed by atoms with Gasteiger partial charge in [0.25, 0.3) is 0 Å². The smallest absolute Gasteiger partial charge is 0.146 e. The standard InChI is InChI=1S/C14H12ClFN2O/c1-8-6-9(14(17)18)2-4-12(8)19-13-5-3-10(16)7-11(13)15/h2-7H,1H3,(H3,17,18). The van der Waals surface area contributed by atoms with Gasteiger partial charge in [-0.25, -0.2) is 4.39 Å². The highest BCUT2D eigenvalue weighted by Gasteiger charge is 2.08. The molecule has 98 valence electrons. The Morgan fingerprint density at radius 3 is 2.47 bits per heavy atom. The third kappa shape index (κ3) is 3.03. The monoisotopic (exact) mass is 278 g/mol. The average molecular weight is 279 g/mol. The van der Waals surface area contributed by atoms with Crippen LogP contribution in [0.5, 0.6) is 11.5 Å². The second-order valence-electron chi connectivity index (χ2n) is 4.07. The SMILES string of the molecule is Cc1cc(C(=N)N)ccc1Oc1ccc(F)cc1Cl. The van der Waals surface area contributed by atoms with Gasteiger partial charge in [0.1, 0.15) is 23.2 Å². The fourth-order valence-corrected chi connectivity index (χ4v) is 1.81. The lowest BCUT2D eigenvalue weighted by Gasteiger charge is -2.11. The summed E-state index contributed by atoms with van der Waals surface area (Å²) in [6, 6.07) is 9.07. The lowest BCUT2D eigenvalue weighted by atomic mass is 10.1. The number of ether oxygens (including phenoxy) is 1. The molecule has 0 atom stereocenters. The summed E-state index contributed by atoms with van der Waals surface area (Å²) in [6.07, 6.45) is 0. The number of halogens is 2. The van der Waals surface area contributed by atoms with E-state index in [2.05, 4.69) is 0 Å². The molecule has 19 heavy (non-hydrogen) atoms. The first-order chi connectivity index (χ1) is 8.97. The van der Waals surface area contributed by atoms with Crippen molar-refractivity contribution < 1.29 is 9.13 Å². The van der Waals surface area contributed by atoms with Crippen molar-refractivity contribution in [1.82, 2.24) is 0 Å². The molecule has 2 rings (SSSR count). The lowest BCUT2D eigenvalue weighted by molar-refractivity contribution is 0.477. The van der Waals surface area contributed by atoms with Gasteiger partial charge >= 0.3 is 0 Å². The number of nitrogens with two attached hydrogens (primary N) is 1. The molecule has 0 spiro atoms. The number of aryl methyl sites for hydroxylation is 1. The van der Waals surface area contributed by atoms with E-state index in [4.69, 9.17) is 27.5 Å². The van der Waals surface area contributed by atoms with Gasteiger partial charge in [-0.1, -0.05) is 11.6 Å². The minimum Gasteiger partial charge on any atom is -0.456 e. The second-order valence-corrected chi connectivity index (χ2v) is 4.48. The Hall–Kier alpha value is -2.07. The number of amidine groups is 1. The molecule has 0 aliphatic heterocycles. The number of nitrogen functional groups attached to an aromatic ring is 1. The molecule has 0 radical (unpaired) electrons. The number of rotatable bonds is 3. The van der Waals surface area contributed by atoms with Crippen LogP contribution in [0.4, 0.5) is 4.39 Å². The van der Waals surface area contributed by atoms with E-state index in [1.54, 1.807) is 18.2 Å². The maximum Gasteiger partial charge on any atom is 0.146 e. The van der Waals surface area contributed by atoms with Crippen LogP contribution in [0.2, 0.25) is 5.02 Å². The summed E-state index contributed by atoms with van der Waals surface area (Å²) in [5, 5.41) is 7.56. The van der Waals surface area contributed by atoms with E-state index in [1.807, 2.05) is 6.92 Å². The minimum absolute atomic E-state index is 0.00513. The molecule has 0 fully saturated rings. The van der Waals surface area contributed by atoms with Crippen LogP contribution in [-0.2, 0) is 0 Å². The molecule has 3 nitrogen and oxygen atoms in total. The summed E-state index contributed by atoms with van der Waals surface area (Å²) in [7, 11) is 0. The zero-order valence-electron chi connectivity index (χ0n) is 10.2. The highest BCUT2D eigenvalue weighted by atomic mass is 35.5. The zero-order valence-corrected chi connectivity index (χ0v) is 11.0.